The van der Waals surface area contributed by atoms with Gasteiger partial charge in [0.25, 0.3) is 0 Å². The maximum Gasteiger partial charge on any atom is 0.336 e. The topological polar surface area (TPSA) is 96.3 Å². The van der Waals surface area contributed by atoms with Crippen LogP contribution in [0, 0.1) is 11.3 Å². The van der Waals surface area contributed by atoms with Crippen molar-refractivity contribution in [1.82, 2.24) is 5.32 Å². The summed E-state index contributed by atoms with van der Waals surface area (Å²) < 4.78 is 4.18. The third-order valence-electron chi connectivity index (χ3n) is 1.44. The molecule has 68 valence electrons. The number of nitrogens with one attached hydrogen (secondary N) is 1. The molecule has 0 aromatic heterocycles. The third-order valence-corrected chi connectivity index (χ3v) is 1.44. The minimum Gasteiger partial charge on any atom is -0.392 e. The van der Waals surface area contributed by atoms with Crippen molar-refractivity contribution >= 4 is 17.8 Å². The van der Waals surface area contributed by atoms with E-state index in [1.54, 1.807) is 6.07 Å². The van der Waals surface area contributed by atoms with Crippen LogP contribution in [0.15, 0.2) is 0 Å². The van der Waals surface area contributed by atoms with Crippen molar-refractivity contribution in [2.24, 2.45) is 0 Å². The predicted molar refractivity (Wildman–Crippen MR) is 37.9 cm³/mol. The van der Waals surface area contributed by atoms with Crippen LogP contribution in [0.3, 0.4) is 0 Å². The van der Waals surface area contributed by atoms with Crippen LogP contribution >= 0.6 is 0 Å². The van der Waals surface area contributed by atoms with Crippen molar-refractivity contribution in [3.8, 4) is 6.07 Å². The van der Waals surface area contributed by atoms with E-state index in [0.717, 1.165) is 0 Å². The molecule has 6 heteroatoms. The molecule has 13 heavy (non-hydrogen) atoms. The van der Waals surface area contributed by atoms with E-state index < -0.39 is 23.9 Å². The fourth-order valence-corrected chi connectivity index (χ4v) is 0.902. The fourth-order valence-electron chi connectivity index (χ4n) is 0.902. The van der Waals surface area contributed by atoms with Gasteiger partial charge < -0.3 is 10.1 Å². The first-order chi connectivity index (χ1) is 6.13. The van der Waals surface area contributed by atoms with Gasteiger partial charge in [0.05, 0.1) is 12.5 Å². The largest absolute Gasteiger partial charge is 0.392 e. The number of amides is 1. The molecule has 0 radical (unpaired) electrons. The molecule has 1 aliphatic rings. The van der Waals surface area contributed by atoms with E-state index >= 15 is 0 Å². The number of hydrogen-bond acceptors (Lipinski definition) is 5. The minimum atomic E-state index is -0.923. The van der Waals surface area contributed by atoms with Crippen LogP contribution in [0.25, 0.3) is 0 Å². The summed E-state index contributed by atoms with van der Waals surface area (Å²) in [5.74, 6) is -2.01. The standard InChI is InChI=1S/C7H6N2O4/c8-2-1-5(10)9-4-3-6(11)13-7(4)12/h4H,1,3H2,(H,9,10)/t4-/m0/s1. The molecule has 0 spiro atoms. The lowest BCUT2D eigenvalue weighted by atomic mass is 10.2. The summed E-state index contributed by atoms with van der Waals surface area (Å²) >= 11 is 0. The van der Waals surface area contributed by atoms with E-state index in [-0.39, 0.29) is 12.8 Å². The molecule has 1 atom stereocenters. The Kier molecular flexibility index (Phi) is 2.59. The number of rotatable bonds is 2. The van der Waals surface area contributed by atoms with Crippen molar-refractivity contribution < 1.29 is 19.1 Å². The molecule has 6 nitrogen and oxygen atoms in total. The molecule has 1 amide bonds. The van der Waals surface area contributed by atoms with Gasteiger partial charge in [0.15, 0.2) is 0 Å². The van der Waals surface area contributed by atoms with Gasteiger partial charge in [0.1, 0.15) is 12.5 Å². The first kappa shape index (κ1) is 9.19. The van der Waals surface area contributed by atoms with E-state index in [1.807, 2.05) is 0 Å². The molecule has 0 aliphatic carbocycles. The second-order valence-electron chi connectivity index (χ2n) is 2.45. The average molecular weight is 182 g/mol. The smallest absolute Gasteiger partial charge is 0.336 e. The molecular formula is C7H6N2O4. The van der Waals surface area contributed by atoms with Crippen LogP contribution < -0.4 is 5.32 Å². The maximum atomic E-state index is 10.8. The van der Waals surface area contributed by atoms with Crippen LogP contribution in [0.1, 0.15) is 12.8 Å². The Morgan fingerprint density at radius 2 is 2.38 bits per heavy atom. The van der Waals surface area contributed by atoms with Crippen LogP contribution in [0.5, 0.6) is 0 Å². The summed E-state index contributed by atoms with van der Waals surface area (Å²) in [5, 5.41) is 10.3. The molecule has 1 rings (SSSR count). The number of esters is 2. The van der Waals surface area contributed by atoms with E-state index in [0.29, 0.717) is 0 Å². The van der Waals surface area contributed by atoms with E-state index in [4.69, 9.17) is 5.26 Å². The lowest BCUT2D eigenvalue weighted by Gasteiger charge is -2.04. The second-order valence-corrected chi connectivity index (χ2v) is 2.45. The Morgan fingerprint density at radius 1 is 1.69 bits per heavy atom. The molecule has 1 saturated heterocycles. The van der Waals surface area contributed by atoms with Gasteiger partial charge in [-0.2, -0.15) is 5.26 Å². The summed E-state index contributed by atoms with van der Waals surface area (Å²) in [6, 6.07) is 0.696. The third kappa shape index (κ3) is 2.27. The molecule has 0 saturated carbocycles. The molecule has 0 aromatic carbocycles. The summed E-state index contributed by atoms with van der Waals surface area (Å²) in [6.45, 7) is 0. The zero-order valence-corrected chi connectivity index (χ0v) is 6.57. The Labute approximate surface area is 73.5 Å². The van der Waals surface area contributed by atoms with Gasteiger partial charge in [0.2, 0.25) is 5.91 Å². The van der Waals surface area contributed by atoms with Crippen LogP contribution in [0.2, 0.25) is 0 Å². The molecule has 0 bridgehead atoms. The summed E-state index contributed by atoms with van der Waals surface area (Å²) in [7, 11) is 0. The van der Waals surface area contributed by atoms with Gasteiger partial charge >= 0.3 is 11.9 Å². The van der Waals surface area contributed by atoms with Crippen molar-refractivity contribution in [2.75, 3.05) is 0 Å². The molecule has 1 heterocycles. The highest BCUT2D eigenvalue weighted by atomic mass is 16.6. The van der Waals surface area contributed by atoms with Crippen LogP contribution in [0.4, 0.5) is 0 Å². The average Bonchev–Trinajstić information content (AvgIpc) is 2.30. The first-order valence-electron chi connectivity index (χ1n) is 3.54. The Hall–Kier alpha value is -1.90. The second kappa shape index (κ2) is 3.67. The molecular weight excluding hydrogens is 176 g/mol. The number of ether oxygens (including phenoxy) is 1. The molecule has 1 fully saturated rings. The quantitative estimate of drug-likeness (QED) is 0.430. The molecule has 0 unspecified atom stereocenters. The van der Waals surface area contributed by atoms with Gasteiger partial charge in [-0.1, -0.05) is 0 Å². The predicted octanol–water partition coefficient (Wildman–Crippen LogP) is -1.14. The first-order valence-corrected chi connectivity index (χ1v) is 3.54. The van der Waals surface area contributed by atoms with Gasteiger partial charge in [-0.05, 0) is 0 Å². The zero-order chi connectivity index (χ0) is 9.84. The Morgan fingerprint density at radius 3 is 2.85 bits per heavy atom. The SMILES string of the molecule is N#CCC(=O)N[C@H]1CC(=O)OC1=O. The maximum absolute atomic E-state index is 10.8. The van der Waals surface area contributed by atoms with E-state index in [1.165, 1.54) is 0 Å². The Bertz CT molecular complexity index is 304. The molecule has 0 aromatic rings. The summed E-state index contributed by atoms with van der Waals surface area (Å²) in [4.78, 5) is 32.1. The van der Waals surface area contributed by atoms with Gasteiger partial charge in [0, 0.05) is 0 Å². The lowest BCUT2D eigenvalue weighted by Crippen LogP contribution is -2.37. The highest BCUT2D eigenvalue weighted by molar-refractivity contribution is 5.99. The number of nitrogens with zero attached hydrogens (tertiary/aromatic N) is 1. The molecule has 1 aliphatic heterocycles. The number of carbonyl (C=O) groups excluding carboxylic acids is 3. The monoisotopic (exact) mass is 182 g/mol. The number of nitriles is 1. The van der Waals surface area contributed by atoms with Crippen LogP contribution in [-0.2, 0) is 19.1 Å². The van der Waals surface area contributed by atoms with Gasteiger partial charge in [-0.3, -0.25) is 9.59 Å². The fraction of sp³-hybridized carbons (Fsp3) is 0.429. The van der Waals surface area contributed by atoms with Crippen molar-refractivity contribution in [3.05, 3.63) is 0 Å². The zero-order valence-electron chi connectivity index (χ0n) is 6.57. The highest BCUT2D eigenvalue weighted by Crippen LogP contribution is 2.07. The van der Waals surface area contributed by atoms with Crippen LogP contribution in [-0.4, -0.2) is 23.9 Å². The minimum absolute atomic E-state index is 0.157. The summed E-state index contributed by atoms with van der Waals surface area (Å²) in [6.07, 6.45) is -0.492. The van der Waals surface area contributed by atoms with Crippen molar-refractivity contribution in [2.45, 2.75) is 18.9 Å². The summed E-state index contributed by atoms with van der Waals surface area (Å²) in [5.41, 5.74) is 0. The number of carbonyl (C=O) groups is 3. The lowest BCUT2D eigenvalue weighted by molar-refractivity contribution is -0.153. The van der Waals surface area contributed by atoms with Crippen molar-refractivity contribution in [3.63, 3.8) is 0 Å². The van der Waals surface area contributed by atoms with E-state index in [2.05, 4.69) is 10.1 Å². The van der Waals surface area contributed by atoms with E-state index in [9.17, 15) is 14.4 Å². The number of cyclic esters (lactones) is 2. The highest BCUT2D eigenvalue weighted by Gasteiger charge is 2.34. The Balaban J connectivity index is 2.47. The molecule has 1 N–H and O–H groups in total. The van der Waals surface area contributed by atoms with Gasteiger partial charge in [-0.15, -0.1) is 0 Å². The van der Waals surface area contributed by atoms with Gasteiger partial charge in [-0.25, -0.2) is 4.79 Å². The normalized spacial score (nSPS) is 20.7. The van der Waals surface area contributed by atoms with Crippen molar-refractivity contribution in [1.29, 1.82) is 5.26 Å². The number of hydrogen-bond donors (Lipinski definition) is 1.